The Kier molecular flexibility index (Phi) is 4.94. The number of thioether (sulfide) groups is 2. The molecule has 0 radical (unpaired) electrons. The summed E-state index contributed by atoms with van der Waals surface area (Å²) in [6, 6.07) is 0. The SMILES string of the molecule is CSC(=NC(=O)C(C)(C)C)SC. The fourth-order valence-electron chi connectivity index (χ4n) is 0.425. The van der Waals surface area contributed by atoms with Crippen molar-refractivity contribution in [2.45, 2.75) is 20.8 Å². The van der Waals surface area contributed by atoms with Crippen molar-refractivity contribution in [2.75, 3.05) is 12.5 Å². The Morgan fingerprint density at radius 1 is 1.17 bits per heavy atom. The van der Waals surface area contributed by atoms with E-state index in [4.69, 9.17) is 0 Å². The summed E-state index contributed by atoms with van der Waals surface area (Å²) in [5.41, 5.74) is -0.364. The van der Waals surface area contributed by atoms with Crippen molar-refractivity contribution in [3.8, 4) is 0 Å². The number of hydrogen-bond acceptors (Lipinski definition) is 3. The fraction of sp³-hybridized carbons (Fsp3) is 0.750. The van der Waals surface area contributed by atoms with Crippen LogP contribution in [-0.2, 0) is 4.79 Å². The van der Waals surface area contributed by atoms with Gasteiger partial charge >= 0.3 is 0 Å². The molecule has 0 atom stereocenters. The number of hydrogen-bond donors (Lipinski definition) is 0. The van der Waals surface area contributed by atoms with Crippen LogP contribution in [0.15, 0.2) is 4.99 Å². The molecule has 0 aromatic carbocycles. The highest BCUT2D eigenvalue weighted by Crippen LogP contribution is 2.18. The Labute approximate surface area is 82.6 Å². The monoisotopic (exact) mass is 205 g/mol. The van der Waals surface area contributed by atoms with Crippen LogP contribution in [0.25, 0.3) is 0 Å². The van der Waals surface area contributed by atoms with E-state index in [2.05, 4.69) is 4.99 Å². The van der Waals surface area contributed by atoms with E-state index in [9.17, 15) is 4.79 Å². The third-order valence-electron chi connectivity index (χ3n) is 1.18. The van der Waals surface area contributed by atoms with Gasteiger partial charge in [0.25, 0.3) is 5.91 Å². The quantitative estimate of drug-likeness (QED) is 0.450. The van der Waals surface area contributed by atoms with Gasteiger partial charge in [-0.05, 0) is 12.5 Å². The molecule has 4 heteroatoms. The van der Waals surface area contributed by atoms with Crippen molar-refractivity contribution >= 4 is 33.8 Å². The fourth-order valence-corrected chi connectivity index (χ4v) is 1.44. The Morgan fingerprint density at radius 3 is 1.83 bits per heavy atom. The van der Waals surface area contributed by atoms with Gasteiger partial charge in [0.2, 0.25) is 0 Å². The molecule has 0 rings (SSSR count). The number of carbonyl (C=O) groups excluding carboxylic acids is 1. The number of rotatable bonds is 0. The van der Waals surface area contributed by atoms with Gasteiger partial charge in [0.1, 0.15) is 4.38 Å². The van der Waals surface area contributed by atoms with Gasteiger partial charge in [-0.3, -0.25) is 4.79 Å². The molecule has 0 fully saturated rings. The van der Waals surface area contributed by atoms with Crippen molar-refractivity contribution in [3.05, 3.63) is 0 Å². The largest absolute Gasteiger partial charge is 0.272 e. The lowest BCUT2D eigenvalue weighted by molar-refractivity contribution is -0.124. The summed E-state index contributed by atoms with van der Waals surface area (Å²) in [4.78, 5) is 15.4. The second-order valence-corrected chi connectivity index (χ2v) is 5.19. The highest BCUT2D eigenvalue weighted by Gasteiger charge is 2.20. The summed E-state index contributed by atoms with van der Waals surface area (Å²) in [5, 5.41) is 0. The van der Waals surface area contributed by atoms with E-state index in [-0.39, 0.29) is 11.3 Å². The zero-order valence-corrected chi connectivity index (χ0v) is 9.80. The first-order valence-electron chi connectivity index (χ1n) is 3.63. The van der Waals surface area contributed by atoms with Crippen LogP contribution in [0.3, 0.4) is 0 Å². The summed E-state index contributed by atoms with van der Waals surface area (Å²) in [6.45, 7) is 5.62. The second-order valence-electron chi connectivity index (χ2n) is 3.34. The van der Waals surface area contributed by atoms with E-state index in [1.54, 1.807) is 0 Å². The summed E-state index contributed by atoms with van der Waals surface area (Å²) in [7, 11) is 0. The zero-order chi connectivity index (χ0) is 9.78. The number of nitrogens with zero attached hydrogens (tertiary/aromatic N) is 1. The van der Waals surface area contributed by atoms with Crippen molar-refractivity contribution in [3.63, 3.8) is 0 Å². The van der Waals surface area contributed by atoms with Crippen LogP contribution < -0.4 is 0 Å². The van der Waals surface area contributed by atoms with Gasteiger partial charge in [-0.1, -0.05) is 20.8 Å². The molecule has 0 unspecified atom stereocenters. The van der Waals surface area contributed by atoms with E-state index in [0.29, 0.717) is 0 Å². The van der Waals surface area contributed by atoms with E-state index in [1.165, 1.54) is 23.5 Å². The minimum Gasteiger partial charge on any atom is -0.272 e. The Hall–Kier alpha value is 0.0400. The predicted molar refractivity (Wildman–Crippen MR) is 58.9 cm³/mol. The molecule has 0 aromatic rings. The molecule has 0 heterocycles. The molecule has 1 amide bonds. The van der Waals surface area contributed by atoms with Crippen molar-refractivity contribution in [1.82, 2.24) is 0 Å². The Bertz CT molecular complexity index is 188. The molecule has 0 saturated carbocycles. The molecule has 0 spiro atoms. The summed E-state index contributed by atoms with van der Waals surface area (Å²) in [6.07, 6.45) is 3.84. The smallest absolute Gasteiger partial charge is 0.252 e. The van der Waals surface area contributed by atoms with Crippen LogP contribution in [0, 0.1) is 5.41 Å². The number of aliphatic imine (C=N–C) groups is 1. The molecular weight excluding hydrogens is 190 g/mol. The van der Waals surface area contributed by atoms with Gasteiger partial charge in [0.15, 0.2) is 0 Å². The molecule has 0 aliphatic carbocycles. The Balaban J connectivity index is 4.42. The van der Waals surface area contributed by atoms with Crippen molar-refractivity contribution < 1.29 is 4.79 Å². The van der Waals surface area contributed by atoms with Gasteiger partial charge in [0.05, 0.1) is 0 Å². The van der Waals surface area contributed by atoms with Gasteiger partial charge in [-0.15, -0.1) is 23.5 Å². The minimum absolute atomic E-state index is 0.0544. The highest BCUT2D eigenvalue weighted by atomic mass is 32.2. The van der Waals surface area contributed by atoms with Gasteiger partial charge in [-0.2, -0.15) is 4.99 Å². The first-order chi connectivity index (χ1) is 5.41. The zero-order valence-electron chi connectivity index (χ0n) is 8.17. The lowest BCUT2D eigenvalue weighted by atomic mass is 9.96. The maximum absolute atomic E-state index is 11.4. The van der Waals surface area contributed by atoms with E-state index in [0.717, 1.165) is 4.38 Å². The first kappa shape index (κ1) is 12.0. The van der Waals surface area contributed by atoms with E-state index < -0.39 is 0 Å². The maximum atomic E-state index is 11.4. The van der Waals surface area contributed by atoms with Gasteiger partial charge < -0.3 is 0 Å². The Morgan fingerprint density at radius 2 is 1.58 bits per heavy atom. The molecule has 2 nitrogen and oxygen atoms in total. The van der Waals surface area contributed by atoms with Gasteiger partial charge in [-0.25, -0.2) is 0 Å². The standard InChI is InChI=1S/C8H15NOS2/c1-8(2,3)6(10)9-7(11-4)12-5/h1-5H3. The van der Waals surface area contributed by atoms with Crippen LogP contribution in [0.1, 0.15) is 20.8 Å². The summed E-state index contributed by atoms with van der Waals surface area (Å²) in [5.74, 6) is -0.0544. The van der Waals surface area contributed by atoms with Crippen LogP contribution >= 0.6 is 23.5 Å². The lowest BCUT2D eigenvalue weighted by Crippen LogP contribution is -2.18. The number of carbonyl (C=O) groups is 1. The number of amides is 1. The van der Waals surface area contributed by atoms with Crippen molar-refractivity contribution in [2.24, 2.45) is 10.4 Å². The molecule has 70 valence electrons. The van der Waals surface area contributed by atoms with Crippen LogP contribution in [0.2, 0.25) is 0 Å². The third-order valence-corrected chi connectivity index (χ3v) is 3.06. The van der Waals surface area contributed by atoms with Gasteiger partial charge in [0, 0.05) is 5.41 Å². The first-order valence-corrected chi connectivity index (χ1v) is 6.08. The maximum Gasteiger partial charge on any atom is 0.252 e. The average Bonchev–Trinajstić information content (AvgIpc) is 1.97. The normalized spacial score (nSPS) is 11.1. The molecule has 0 aromatic heterocycles. The highest BCUT2D eigenvalue weighted by molar-refractivity contribution is 8.38. The topological polar surface area (TPSA) is 29.4 Å². The second kappa shape index (κ2) is 4.92. The molecule has 0 aliphatic rings. The van der Waals surface area contributed by atoms with E-state index in [1.807, 2.05) is 33.3 Å². The lowest BCUT2D eigenvalue weighted by Gasteiger charge is -2.12. The van der Waals surface area contributed by atoms with Crippen LogP contribution in [-0.4, -0.2) is 22.8 Å². The third kappa shape index (κ3) is 4.16. The molecule has 12 heavy (non-hydrogen) atoms. The molecule has 0 N–H and O–H groups in total. The van der Waals surface area contributed by atoms with E-state index >= 15 is 0 Å². The van der Waals surface area contributed by atoms with Crippen LogP contribution in [0.4, 0.5) is 0 Å². The average molecular weight is 205 g/mol. The summed E-state index contributed by atoms with van der Waals surface area (Å²) < 4.78 is 0.829. The van der Waals surface area contributed by atoms with Crippen LogP contribution in [0.5, 0.6) is 0 Å². The van der Waals surface area contributed by atoms with Crippen molar-refractivity contribution in [1.29, 1.82) is 0 Å². The predicted octanol–water partition coefficient (Wildman–Crippen LogP) is 2.64. The molecule has 0 aliphatic heterocycles. The molecular formula is C8H15NOS2. The molecule has 0 saturated heterocycles. The summed E-state index contributed by atoms with van der Waals surface area (Å²) >= 11 is 3.01. The molecule has 0 bridgehead atoms. The minimum atomic E-state index is -0.364.